The highest BCUT2D eigenvalue weighted by Crippen LogP contribution is 2.32. The summed E-state index contributed by atoms with van der Waals surface area (Å²) in [5, 5.41) is 2.77. The molecule has 0 spiro atoms. The van der Waals surface area contributed by atoms with Gasteiger partial charge in [-0.3, -0.25) is 9.59 Å². The minimum atomic E-state index is -0.217. The predicted octanol–water partition coefficient (Wildman–Crippen LogP) is 1.71. The molecule has 2 heterocycles. The van der Waals surface area contributed by atoms with Gasteiger partial charge in [0.2, 0.25) is 5.91 Å². The van der Waals surface area contributed by atoms with Gasteiger partial charge in [0, 0.05) is 18.0 Å². The van der Waals surface area contributed by atoms with Gasteiger partial charge in [-0.2, -0.15) is 0 Å². The topological polar surface area (TPSA) is 69.6 Å². The van der Waals surface area contributed by atoms with Gasteiger partial charge in [0.15, 0.2) is 17.8 Å². The Kier molecular flexibility index (Phi) is 3.59. The third-order valence-corrected chi connectivity index (χ3v) is 3.13. The molecule has 6 nitrogen and oxygen atoms in total. The van der Waals surface area contributed by atoms with Crippen LogP contribution in [-0.4, -0.2) is 30.0 Å². The molecule has 1 aromatic carbocycles. The Morgan fingerprint density at radius 1 is 1.24 bits per heavy atom. The molecule has 0 aliphatic carbocycles. The Balaban J connectivity index is 1.68. The number of nitrogens with zero attached hydrogens (tertiary/aromatic N) is 1. The molecule has 0 bridgehead atoms. The number of amides is 1. The van der Waals surface area contributed by atoms with Gasteiger partial charge in [-0.05, 0) is 24.3 Å². The van der Waals surface area contributed by atoms with Gasteiger partial charge in [-0.15, -0.1) is 0 Å². The Morgan fingerprint density at radius 2 is 2.05 bits per heavy atom. The van der Waals surface area contributed by atoms with Crippen molar-refractivity contribution in [3.8, 4) is 11.5 Å². The lowest BCUT2D eigenvalue weighted by atomic mass is 10.2. The quantitative estimate of drug-likeness (QED) is 0.869. The van der Waals surface area contributed by atoms with E-state index in [1.54, 1.807) is 41.1 Å². The molecule has 0 atom stereocenters. The van der Waals surface area contributed by atoms with Crippen LogP contribution < -0.4 is 14.8 Å². The number of ether oxygens (including phenoxy) is 2. The van der Waals surface area contributed by atoms with Crippen molar-refractivity contribution < 1.29 is 19.1 Å². The van der Waals surface area contributed by atoms with E-state index >= 15 is 0 Å². The van der Waals surface area contributed by atoms with E-state index in [2.05, 4.69) is 5.32 Å². The second kappa shape index (κ2) is 5.70. The van der Waals surface area contributed by atoms with Crippen LogP contribution in [0.4, 0.5) is 5.69 Å². The lowest BCUT2D eigenvalue weighted by molar-refractivity contribution is -0.116. The summed E-state index contributed by atoms with van der Waals surface area (Å²) in [6, 6.07) is 8.62. The molecular weight excluding hydrogens is 272 g/mol. The fourth-order valence-corrected chi connectivity index (χ4v) is 2.15. The highest BCUT2D eigenvalue weighted by molar-refractivity contribution is 5.91. The van der Waals surface area contributed by atoms with Crippen LogP contribution in [0.1, 0.15) is 10.5 Å². The molecule has 1 aliphatic rings. The van der Waals surface area contributed by atoms with Gasteiger partial charge in [0.25, 0.3) is 0 Å². The first-order valence-electron chi connectivity index (χ1n) is 6.56. The number of nitrogens with one attached hydrogen (secondary N) is 1. The van der Waals surface area contributed by atoms with Crippen LogP contribution in [0.15, 0.2) is 36.5 Å². The summed E-state index contributed by atoms with van der Waals surface area (Å²) in [5.74, 6) is 1.08. The van der Waals surface area contributed by atoms with Crippen LogP contribution in [0.3, 0.4) is 0 Å². The molecule has 2 aromatic rings. The minimum absolute atomic E-state index is 0.0789. The van der Waals surface area contributed by atoms with Crippen molar-refractivity contribution in [1.82, 2.24) is 4.57 Å². The molecule has 0 saturated carbocycles. The first-order chi connectivity index (χ1) is 10.3. The summed E-state index contributed by atoms with van der Waals surface area (Å²) in [6.45, 7) is 1.10. The number of hydrogen-bond acceptors (Lipinski definition) is 4. The first kappa shape index (κ1) is 13.2. The predicted molar refractivity (Wildman–Crippen MR) is 75.9 cm³/mol. The second-order valence-electron chi connectivity index (χ2n) is 4.59. The molecule has 108 valence electrons. The normalized spacial score (nSPS) is 12.8. The highest BCUT2D eigenvalue weighted by atomic mass is 16.6. The molecule has 21 heavy (non-hydrogen) atoms. The van der Waals surface area contributed by atoms with Crippen molar-refractivity contribution >= 4 is 17.9 Å². The maximum atomic E-state index is 12.0. The van der Waals surface area contributed by atoms with Crippen LogP contribution in [0.2, 0.25) is 0 Å². The molecule has 6 heteroatoms. The first-order valence-corrected chi connectivity index (χ1v) is 6.56. The van der Waals surface area contributed by atoms with Crippen LogP contribution in [0.5, 0.6) is 11.5 Å². The van der Waals surface area contributed by atoms with E-state index in [-0.39, 0.29) is 12.5 Å². The number of fused-ring (bicyclic) bond motifs is 1. The smallest absolute Gasteiger partial charge is 0.244 e. The van der Waals surface area contributed by atoms with E-state index in [1.807, 2.05) is 0 Å². The van der Waals surface area contributed by atoms with Gasteiger partial charge in [-0.25, -0.2) is 0 Å². The number of anilines is 1. The number of aldehydes is 1. The van der Waals surface area contributed by atoms with Gasteiger partial charge in [0.05, 0.1) is 5.69 Å². The Labute approximate surface area is 121 Å². The molecule has 3 rings (SSSR count). The maximum Gasteiger partial charge on any atom is 0.244 e. The molecule has 1 N–H and O–H groups in total. The maximum absolute atomic E-state index is 12.0. The summed E-state index contributed by atoms with van der Waals surface area (Å²) in [6.07, 6.45) is 2.41. The molecular formula is C15H14N2O4. The Bertz CT molecular complexity index is 678. The number of rotatable bonds is 4. The number of carbonyl (C=O) groups is 2. The van der Waals surface area contributed by atoms with Crippen LogP contribution in [0, 0.1) is 0 Å². The highest BCUT2D eigenvalue weighted by Gasteiger charge is 2.13. The fraction of sp³-hybridized carbons (Fsp3) is 0.200. The number of carbonyl (C=O) groups excluding carboxylic acids is 2. The monoisotopic (exact) mass is 286 g/mol. The summed E-state index contributed by atoms with van der Waals surface area (Å²) in [5.41, 5.74) is 1.09. The summed E-state index contributed by atoms with van der Waals surface area (Å²) in [7, 11) is 0. The molecule has 0 unspecified atom stereocenters. The minimum Gasteiger partial charge on any atom is -0.486 e. The standard InChI is InChI=1S/C15H14N2O4/c18-10-12-2-1-5-17(12)9-15(19)16-11-3-4-13-14(8-11)21-7-6-20-13/h1-5,8,10H,6-7,9H2,(H,16,19). The Hall–Kier alpha value is -2.76. The van der Waals surface area contributed by atoms with Crippen LogP contribution in [-0.2, 0) is 11.3 Å². The van der Waals surface area contributed by atoms with Crippen molar-refractivity contribution in [3.63, 3.8) is 0 Å². The van der Waals surface area contributed by atoms with Crippen molar-refractivity contribution in [1.29, 1.82) is 0 Å². The van der Waals surface area contributed by atoms with Gasteiger partial charge in [0.1, 0.15) is 19.8 Å². The zero-order valence-corrected chi connectivity index (χ0v) is 11.2. The van der Waals surface area contributed by atoms with E-state index in [1.165, 1.54) is 0 Å². The zero-order valence-electron chi connectivity index (χ0n) is 11.2. The van der Waals surface area contributed by atoms with Gasteiger partial charge in [-0.1, -0.05) is 0 Å². The number of benzene rings is 1. The summed E-state index contributed by atoms with van der Waals surface area (Å²) >= 11 is 0. The molecule has 1 amide bonds. The van der Waals surface area contributed by atoms with E-state index in [9.17, 15) is 9.59 Å². The second-order valence-corrected chi connectivity index (χ2v) is 4.59. The molecule has 0 fully saturated rings. The van der Waals surface area contributed by atoms with Gasteiger partial charge < -0.3 is 19.4 Å². The van der Waals surface area contributed by atoms with Gasteiger partial charge >= 0.3 is 0 Å². The van der Waals surface area contributed by atoms with E-state index in [0.717, 1.165) is 6.29 Å². The van der Waals surface area contributed by atoms with E-state index < -0.39 is 0 Å². The summed E-state index contributed by atoms with van der Waals surface area (Å²) in [4.78, 5) is 22.8. The van der Waals surface area contributed by atoms with Crippen molar-refractivity contribution in [2.24, 2.45) is 0 Å². The number of hydrogen-bond donors (Lipinski definition) is 1. The molecule has 0 saturated heterocycles. The lowest BCUT2D eigenvalue weighted by Crippen LogP contribution is -2.20. The van der Waals surface area contributed by atoms with Crippen molar-refractivity contribution in [2.75, 3.05) is 18.5 Å². The lowest BCUT2D eigenvalue weighted by Gasteiger charge is -2.19. The zero-order chi connectivity index (χ0) is 14.7. The Morgan fingerprint density at radius 3 is 2.86 bits per heavy atom. The van der Waals surface area contributed by atoms with Crippen molar-refractivity contribution in [3.05, 3.63) is 42.2 Å². The molecule has 1 aliphatic heterocycles. The molecule has 0 radical (unpaired) electrons. The van der Waals surface area contributed by atoms with Crippen LogP contribution >= 0.6 is 0 Å². The van der Waals surface area contributed by atoms with E-state index in [0.29, 0.717) is 36.1 Å². The molecule has 1 aromatic heterocycles. The average Bonchev–Trinajstić information content (AvgIpc) is 2.94. The van der Waals surface area contributed by atoms with Crippen molar-refractivity contribution in [2.45, 2.75) is 6.54 Å². The number of aromatic nitrogens is 1. The van der Waals surface area contributed by atoms with Crippen LogP contribution in [0.25, 0.3) is 0 Å². The van der Waals surface area contributed by atoms with E-state index in [4.69, 9.17) is 9.47 Å². The SMILES string of the molecule is O=Cc1cccn1CC(=O)Nc1ccc2c(c1)OCCO2. The fourth-order valence-electron chi connectivity index (χ4n) is 2.15. The average molecular weight is 286 g/mol. The third kappa shape index (κ3) is 2.89. The third-order valence-electron chi connectivity index (χ3n) is 3.13. The summed E-state index contributed by atoms with van der Waals surface area (Å²) < 4.78 is 12.5. The largest absolute Gasteiger partial charge is 0.486 e.